The summed E-state index contributed by atoms with van der Waals surface area (Å²) in [6.45, 7) is 4.12. The second kappa shape index (κ2) is 9.69. The van der Waals surface area contributed by atoms with Gasteiger partial charge >= 0.3 is 0 Å². The summed E-state index contributed by atoms with van der Waals surface area (Å²) in [4.78, 5) is 38.1. The van der Waals surface area contributed by atoms with Gasteiger partial charge in [-0.1, -0.05) is 32.0 Å². The molecule has 0 aliphatic heterocycles. The monoisotopic (exact) mass is 381 g/mol. The molecule has 148 valence electrons. The van der Waals surface area contributed by atoms with Gasteiger partial charge < -0.3 is 15.5 Å². The summed E-state index contributed by atoms with van der Waals surface area (Å²) in [6, 6.07) is 14.0. The number of nitrogens with one attached hydrogen (secondary N) is 2. The van der Waals surface area contributed by atoms with Gasteiger partial charge in [0.2, 0.25) is 5.91 Å². The summed E-state index contributed by atoms with van der Waals surface area (Å²) in [6.07, 6.45) is 0.751. The molecule has 0 aromatic heterocycles. The van der Waals surface area contributed by atoms with E-state index in [1.807, 2.05) is 19.9 Å². The van der Waals surface area contributed by atoms with Gasteiger partial charge in [-0.25, -0.2) is 0 Å². The van der Waals surface area contributed by atoms with Crippen LogP contribution in [0.4, 0.5) is 5.69 Å². The molecule has 1 unspecified atom stereocenters. The number of hydrogen-bond donors (Lipinski definition) is 2. The van der Waals surface area contributed by atoms with E-state index in [0.717, 1.165) is 12.0 Å². The lowest BCUT2D eigenvalue weighted by molar-refractivity contribution is -0.119. The summed E-state index contributed by atoms with van der Waals surface area (Å²) in [5, 5.41) is 5.68. The molecule has 2 aromatic carbocycles. The zero-order valence-electron chi connectivity index (χ0n) is 16.8. The average molecular weight is 381 g/mol. The normalized spacial score (nSPS) is 11.4. The number of carbonyl (C=O) groups is 3. The summed E-state index contributed by atoms with van der Waals surface area (Å²) in [5.41, 5.74) is 2.47. The predicted octanol–water partition coefficient (Wildman–Crippen LogP) is 3.30. The second-order valence-electron chi connectivity index (χ2n) is 6.96. The molecule has 0 aliphatic carbocycles. The van der Waals surface area contributed by atoms with Crippen LogP contribution < -0.4 is 10.6 Å². The summed E-state index contributed by atoms with van der Waals surface area (Å²) < 4.78 is 0. The Labute approximate surface area is 165 Å². The van der Waals surface area contributed by atoms with Crippen molar-refractivity contribution in [3.05, 3.63) is 65.2 Å². The van der Waals surface area contributed by atoms with Gasteiger partial charge in [-0.2, -0.15) is 0 Å². The maximum Gasteiger partial charge on any atom is 0.253 e. The van der Waals surface area contributed by atoms with Crippen molar-refractivity contribution in [2.75, 3.05) is 19.4 Å². The van der Waals surface area contributed by atoms with Crippen molar-refractivity contribution in [1.29, 1.82) is 0 Å². The van der Waals surface area contributed by atoms with E-state index >= 15 is 0 Å². The minimum absolute atomic E-state index is 0.0672. The Morgan fingerprint density at radius 1 is 1.00 bits per heavy atom. The average Bonchev–Trinajstić information content (AvgIpc) is 2.71. The number of nitrogens with zero attached hydrogens (tertiary/aromatic N) is 1. The van der Waals surface area contributed by atoms with E-state index in [1.54, 1.807) is 56.6 Å². The molecule has 6 heteroatoms. The maximum atomic E-state index is 12.5. The molecule has 28 heavy (non-hydrogen) atoms. The molecule has 2 rings (SSSR count). The Morgan fingerprint density at radius 3 is 2.36 bits per heavy atom. The molecule has 0 saturated heterocycles. The van der Waals surface area contributed by atoms with Gasteiger partial charge in [0.25, 0.3) is 11.8 Å². The molecule has 0 fully saturated rings. The third-order valence-electron chi connectivity index (χ3n) is 4.49. The summed E-state index contributed by atoms with van der Waals surface area (Å²) in [7, 11) is 3.40. The van der Waals surface area contributed by atoms with Crippen LogP contribution in [-0.4, -0.2) is 36.7 Å². The molecular formula is C22H27N3O3. The van der Waals surface area contributed by atoms with E-state index in [-0.39, 0.29) is 23.6 Å². The molecule has 3 amide bonds. The summed E-state index contributed by atoms with van der Waals surface area (Å²) in [5.74, 6) is -0.487. The molecule has 0 bridgehead atoms. The first kappa shape index (κ1) is 21.2. The Balaban J connectivity index is 2.02. The minimum atomic E-state index is -0.246. The topological polar surface area (TPSA) is 78.5 Å². The van der Waals surface area contributed by atoms with Crippen LogP contribution in [0.2, 0.25) is 0 Å². The number of anilines is 1. The Kier molecular flexibility index (Phi) is 7.32. The lowest BCUT2D eigenvalue weighted by atomic mass is 10.1. The van der Waals surface area contributed by atoms with Crippen molar-refractivity contribution < 1.29 is 14.4 Å². The van der Waals surface area contributed by atoms with Crippen molar-refractivity contribution in [2.24, 2.45) is 5.92 Å². The fraction of sp³-hybridized carbons (Fsp3) is 0.318. The first-order valence-electron chi connectivity index (χ1n) is 9.31. The quantitative estimate of drug-likeness (QED) is 0.772. The van der Waals surface area contributed by atoms with Crippen molar-refractivity contribution >= 4 is 23.4 Å². The standard InChI is InChI=1S/C22H27N3O3/c1-5-15(2)20(26)24-19-11-7-9-17(13-19)21(27)23-14-16-8-6-10-18(12-16)22(28)25(3)4/h6-13,15H,5,14H2,1-4H3,(H,23,27)(H,24,26). The van der Waals surface area contributed by atoms with Gasteiger partial charge in [-0.05, 0) is 42.3 Å². The van der Waals surface area contributed by atoms with Crippen LogP contribution in [-0.2, 0) is 11.3 Å². The summed E-state index contributed by atoms with van der Waals surface area (Å²) >= 11 is 0. The molecule has 1 atom stereocenters. The van der Waals surface area contributed by atoms with Crippen LogP contribution in [0, 0.1) is 5.92 Å². The molecule has 0 aliphatic rings. The van der Waals surface area contributed by atoms with E-state index in [1.165, 1.54) is 4.90 Å². The zero-order valence-corrected chi connectivity index (χ0v) is 16.8. The van der Waals surface area contributed by atoms with Crippen molar-refractivity contribution in [2.45, 2.75) is 26.8 Å². The van der Waals surface area contributed by atoms with Gasteiger partial charge in [0.15, 0.2) is 0 Å². The van der Waals surface area contributed by atoms with Crippen molar-refractivity contribution in [3.8, 4) is 0 Å². The molecule has 2 N–H and O–H groups in total. The van der Waals surface area contributed by atoms with Gasteiger partial charge in [0.1, 0.15) is 0 Å². The van der Waals surface area contributed by atoms with E-state index in [9.17, 15) is 14.4 Å². The number of carbonyl (C=O) groups excluding carboxylic acids is 3. The van der Waals surface area contributed by atoms with Crippen LogP contribution >= 0.6 is 0 Å². The molecule has 6 nitrogen and oxygen atoms in total. The van der Waals surface area contributed by atoms with Crippen molar-refractivity contribution in [1.82, 2.24) is 10.2 Å². The lowest BCUT2D eigenvalue weighted by Gasteiger charge is -2.12. The van der Waals surface area contributed by atoms with Gasteiger partial charge in [-0.15, -0.1) is 0 Å². The fourth-order valence-electron chi connectivity index (χ4n) is 2.55. The highest BCUT2D eigenvalue weighted by atomic mass is 16.2. The number of amides is 3. The highest BCUT2D eigenvalue weighted by molar-refractivity contribution is 5.97. The van der Waals surface area contributed by atoms with Crippen LogP contribution in [0.15, 0.2) is 48.5 Å². The third-order valence-corrected chi connectivity index (χ3v) is 4.49. The highest BCUT2D eigenvalue weighted by Gasteiger charge is 2.13. The van der Waals surface area contributed by atoms with Crippen molar-refractivity contribution in [3.63, 3.8) is 0 Å². The van der Waals surface area contributed by atoms with Gasteiger partial charge in [0, 0.05) is 43.4 Å². The molecule has 0 saturated carbocycles. The number of hydrogen-bond acceptors (Lipinski definition) is 3. The highest BCUT2D eigenvalue weighted by Crippen LogP contribution is 2.14. The van der Waals surface area contributed by atoms with E-state index in [2.05, 4.69) is 10.6 Å². The first-order chi connectivity index (χ1) is 13.3. The van der Waals surface area contributed by atoms with Crippen LogP contribution in [0.25, 0.3) is 0 Å². The first-order valence-corrected chi connectivity index (χ1v) is 9.31. The molecule has 0 spiro atoms. The van der Waals surface area contributed by atoms with Crippen LogP contribution in [0.1, 0.15) is 46.5 Å². The fourth-order valence-corrected chi connectivity index (χ4v) is 2.55. The largest absolute Gasteiger partial charge is 0.348 e. The van der Waals surface area contributed by atoms with Crippen LogP contribution in [0.3, 0.4) is 0 Å². The molecular weight excluding hydrogens is 354 g/mol. The second-order valence-corrected chi connectivity index (χ2v) is 6.96. The SMILES string of the molecule is CCC(C)C(=O)Nc1cccc(C(=O)NCc2cccc(C(=O)N(C)C)c2)c1. The van der Waals surface area contributed by atoms with Gasteiger partial charge in [0.05, 0.1) is 0 Å². The third kappa shape index (κ3) is 5.67. The smallest absolute Gasteiger partial charge is 0.253 e. The van der Waals surface area contributed by atoms with Gasteiger partial charge in [-0.3, -0.25) is 14.4 Å². The Bertz CT molecular complexity index is 862. The zero-order chi connectivity index (χ0) is 20.7. The maximum absolute atomic E-state index is 12.5. The lowest BCUT2D eigenvalue weighted by Crippen LogP contribution is -2.24. The number of benzene rings is 2. The molecule has 0 heterocycles. The Morgan fingerprint density at radius 2 is 1.68 bits per heavy atom. The van der Waals surface area contributed by atoms with E-state index in [0.29, 0.717) is 23.4 Å². The van der Waals surface area contributed by atoms with E-state index in [4.69, 9.17) is 0 Å². The van der Waals surface area contributed by atoms with Crippen LogP contribution in [0.5, 0.6) is 0 Å². The Hall–Kier alpha value is -3.15. The molecule has 2 aromatic rings. The molecule has 0 radical (unpaired) electrons. The predicted molar refractivity (Wildman–Crippen MR) is 110 cm³/mol. The van der Waals surface area contributed by atoms with E-state index < -0.39 is 0 Å². The number of rotatable bonds is 7. The minimum Gasteiger partial charge on any atom is -0.348 e.